The van der Waals surface area contributed by atoms with Gasteiger partial charge in [-0.1, -0.05) is 30.3 Å². The molecule has 0 aliphatic rings. The number of fused-ring (bicyclic) bond motifs is 1. The van der Waals surface area contributed by atoms with Gasteiger partial charge >= 0.3 is 0 Å². The highest BCUT2D eigenvalue weighted by molar-refractivity contribution is 5.91. The Morgan fingerprint density at radius 3 is 2.56 bits per heavy atom. The molecule has 0 amide bonds. The Morgan fingerprint density at radius 1 is 1.19 bits per heavy atom. The molecule has 16 heavy (non-hydrogen) atoms. The highest BCUT2D eigenvalue weighted by Gasteiger charge is 2.14. The zero-order valence-corrected chi connectivity index (χ0v) is 8.72. The van der Waals surface area contributed by atoms with Crippen molar-refractivity contribution in [3.05, 3.63) is 48.6 Å². The fourth-order valence-corrected chi connectivity index (χ4v) is 1.72. The van der Waals surface area contributed by atoms with E-state index in [0.29, 0.717) is 10.9 Å². The molecule has 0 fully saturated rings. The summed E-state index contributed by atoms with van der Waals surface area (Å²) < 4.78 is 0. The minimum Gasteiger partial charge on any atom is -0.504 e. The minimum absolute atomic E-state index is 0.134. The predicted molar refractivity (Wildman–Crippen MR) is 64.4 cm³/mol. The van der Waals surface area contributed by atoms with Gasteiger partial charge in [-0.05, 0) is 11.5 Å². The maximum absolute atomic E-state index is 9.84. The molecule has 2 rings (SSSR count). The summed E-state index contributed by atoms with van der Waals surface area (Å²) in [6.07, 6.45) is 1.52. The molecule has 0 aliphatic heterocycles. The van der Waals surface area contributed by atoms with Crippen LogP contribution >= 0.6 is 0 Å². The van der Waals surface area contributed by atoms with E-state index >= 15 is 0 Å². The topological polar surface area (TPSA) is 66.5 Å². The Hall–Kier alpha value is -2.00. The Balaban J connectivity index is 2.78. The zero-order valence-electron chi connectivity index (χ0n) is 8.72. The Bertz CT molecular complexity index is 549. The van der Waals surface area contributed by atoms with Crippen LogP contribution in [-0.4, -0.2) is 10.2 Å². The quantitative estimate of drug-likeness (QED) is 0.532. The minimum atomic E-state index is -0.490. The van der Waals surface area contributed by atoms with E-state index in [1.807, 2.05) is 12.1 Å². The summed E-state index contributed by atoms with van der Waals surface area (Å²) in [7, 11) is 0. The van der Waals surface area contributed by atoms with Gasteiger partial charge in [0.15, 0.2) is 11.5 Å². The Morgan fingerprint density at radius 2 is 1.88 bits per heavy atom. The lowest BCUT2D eigenvalue weighted by molar-refractivity contribution is 0.402. The molecule has 3 nitrogen and oxygen atoms in total. The second-order valence-corrected chi connectivity index (χ2v) is 3.65. The van der Waals surface area contributed by atoms with Gasteiger partial charge in [-0.25, -0.2) is 0 Å². The highest BCUT2D eigenvalue weighted by atomic mass is 16.3. The maximum Gasteiger partial charge on any atom is 0.165 e. The van der Waals surface area contributed by atoms with Crippen molar-refractivity contribution < 1.29 is 10.2 Å². The molecule has 1 atom stereocenters. The van der Waals surface area contributed by atoms with Crippen molar-refractivity contribution in [3.63, 3.8) is 0 Å². The number of benzene rings is 2. The first-order chi connectivity index (χ1) is 7.65. The monoisotopic (exact) mass is 215 g/mol. The summed E-state index contributed by atoms with van der Waals surface area (Å²) in [5.41, 5.74) is 6.24. The van der Waals surface area contributed by atoms with Crippen LogP contribution in [0.4, 0.5) is 0 Å². The molecule has 82 valence electrons. The normalized spacial score (nSPS) is 12.6. The van der Waals surface area contributed by atoms with Crippen molar-refractivity contribution in [2.24, 2.45) is 5.73 Å². The molecule has 2 aromatic rings. The number of nitrogens with two attached hydrogens (primary N) is 1. The number of aromatic hydroxyl groups is 2. The first-order valence-electron chi connectivity index (χ1n) is 4.97. The van der Waals surface area contributed by atoms with Gasteiger partial charge in [0, 0.05) is 10.9 Å². The lowest BCUT2D eigenvalue weighted by Gasteiger charge is -2.12. The lowest BCUT2D eigenvalue weighted by Crippen LogP contribution is -2.06. The van der Waals surface area contributed by atoms with E-state index in [2.05, 4.69) is 6.58 Å². The molecule has 0 radical (unpaired) electrons. The van der Waals surface area contributed by atoms with Crippen molar-refractivity contribution in [1.29, 1.82) is 0 Å². The second kappa shape index (κ2) is 3.87. The summed E-state index contributed by atoms with van der Waals surface area (Å²) in [6.45, 7) is 3.57. The first-order valence-corrected chi connectivity index (χ1v) is 4.97. The fraction of sp³-hybridized carbons (Fsp3) is 0.0769. The van der Waals surface area contributed by atoms with Crippen molar-refractivity contribution in [2.45, 2.75) is 6.04 Å². The Labute approximate surface area is 93.4 Å². The molecule has 4 N–H and O–H groups in total. The second-order valence-electron chi connectivity index (χ2n) is 3.65. The van der Waals surface area contributed by atoms with E-state index in [9.17, 15) is 10.2 Å². The van der Waals surface area contributed by atoms with Crippen LogP contribution in [0.2, 0.25) is 0 Å². The van der Waals surface area contributed by atoms with E-state index in [0.717, 1.165) is 5.39 Å². The predicted octanol–water partition coefficient (Wildman–Crippen LogP) is 2.44. The molecule has 0 aromatic heterocycles. The number of phenolic OH excluding ortho intramolecular Hbond substituents is 2. The van der Waals surface area contributed by atoms with Gasteiger partial charge in [-0.2, -0.15) is 0 Å². The SMILES string of the molecule is C=CC(N)c1cc2ccccc2c(O)c1O. The smallest absolute Gasteiger partial charge is 0.165 e. The van der Waals surface area contributed by atoms with Crippen LogP contribution in [-0.2, 0) is 0 Å². The standard InChI is InChI=1S/C13H13NO2/c1-2-11(14)10-7-8-5-3-4-6-9(8)12(15)13(10)16/h2-7,11,15-16H,1,14H2. The van der Waals surface area contributed by atoms with Crippen LogP contribution in [0.5, 0.6) is 11.5 Å². The number of hydrogen-bond acceptors (Lipinski definition) is 3. The zero-order chi connectivity index (χ0) is 11.7. The average molecular weight is 215 g/mol. The van der Waals surface area contributed by atoms with Gasteiger partial charge in [-0.3, -0.25) is 0 Å². The number of phenols is 2. The summed E-state index contributed by atoms with van der Waals surface area (Å²) >= 11 is 0. The molecule has 0 saturated heterocycles. The largest absolute Gasteiger partial charge is 0.504 e. The maximum atomic E-state index is 9.84. The van der Waals surface area contributed by atoms with Crippen molar-refractivity contribution >= 4 is 10.8 Å². The van der Waals surface area contributed by atoms with E-state index < -0.39 is 6.04 Å². The van der Waals surface area contributed by atoms with Crippen molar-refractivity contribution in [3.8, 4) is 11.5 Å². The van der Waals surface area contributed by atoms with Crippen LogP contribution in [0.25, 0.3) is 10.8 Å². The van der Waals surface area contributed by atoms with E-state index in [1.165, 1.54) is 6.08 Å². The van der Waals surface area contributed by atoms with Crippen LogP contribution in [0.3, 0.4) is 0 Å². The fourth-order valence-electron chi connectivity index (χ4n) is 1.72. The first kappa shape index (κ1) is 10.5. The van der Waals surface area contributed by atoms with Crippen LogP contribution < -0.4 is 5.73 Å². The van der Waals surface area contributed by atoms with Gasteiger partial charge in [0.05, 0.1) is 6.04 Å². The van der Waals surface area contributed by atoms with Gasteiger partial charge in [0.1, 0.15) is 0 Å². The van der Waals surface area contributed by atoms with E-state index in [-0.39, 0.29) is 11.5 Å². The lowest BCUT2D eigenvalue weighted by atomic mass is 10.00. The molecule has 3 heteroatoms. The molecule has 0 heterocycles. The summed E-state index contributed by atoms with van der Waals surface area (Å²) in [4.78, 5) is 0. The van der Waals surface area contributed by atoms with Gasteiger partial charge in [0.25, 0.3) is 0 Å². The third kappa shape index (κ3) is 1.51. The Kier molecular flexibility index (Phi) is 2.54. The molecule has 2 aromatic carbocycles. The van der Waals surface area contributed by atoms with Gasteiger partial charge in [0.2, 0.25) is 0 Å². The van der Waals surface area contributed by atoms with Crippen LogP contribution in [0.15, 0.2) is 43.0 Å². The van der Waals surface area contributed by atoms with E-state index in [1.54, 1.807) is 18.2 Å². The highest BCUT2D eigenvalue weighted by Crippen LogP contribution is 2.39. The summed E-state index contributed by atoms with van der Waals surface area (Å²) in [5, 5.41) is 21.1. The molecular formula is C13H13NO2. The molecule has 0 bridgehead atoms. The summed E-state index contributed by atoms with van der Waals surface area (Å²) in [5.74, 6) is -0.309. The summed E-state index contributed by atoms with van der Waals surface area (Å²) in [6, 6.07) is 8.53. The van der Waals surface area contributed by atoms with E-state index in [4.69, 9.17) is 5.73 Å². The van der Waals surface area contributed by atoms with Crippen molar-refractivity contribution in [1.82, 2.24) is 0 Å². The van der Waals surface area contributed by atoms with Gasteiger partial charge < -0.3 is 15.9 Å². The third-order valence-electron chi connectivity index (χ3n) is 2.64. The molecule has 1 unspecified atom stereocenters. The third-order valence-corrected chi connectivity index (χ3v) is 2.64. The number of rotatable bonds is 2. The molecule has 0 saturated carbocycles. The molecule has 0 spiro atoms. The van der Waals surface area contributed by atoms with Crippen molar-refractivity contribution in [2.75, 3.05) is 0 Å². The van der Waals surface area contributed by atoms with Gasteiger partial charge in [-0.15, -0.1) is 6.58 Å². The average Bonchev–Trinajstić information content (AvgIpc) is 2.33. The van der Waals surface area contributed by atoms with Crippen LogP contribution in [0.1, 0.15) is 11.6 Å². The van der Waals surface area contributed by atoms with Crippen LogP contribution in [0, 0.1) is 0 Å². The molecular weight excluding hydrogens is 202 g/mol. The number of hydrogen-bond donors (Lipinski definition) is 3. The molecule has 0 aliphatic carbocycles.